The normalized spacial score (nSPS) is 12.2. The zero-order valence-electron chi connectivity index (χ0n) is 67.0. The van der Waals surface area contributed by atoms with E-state index in [1.54, 1.807) is 0 Å². The van der Waals surface area contributed by atoms with Crippen molar-refractivity contribution < 1.29 is 50.5 Å². The Hall–Kier alpha value is -17.4. The van der Waals surface area contributed by atoms with Crippen LogP contribution >= 0.6 is 0 Å². The molecule has 3 aliphatic heterocycles. The highest BCUT2D eigenvalue weighted by Crippen LogP contribution is 2.55. The van der Waals surface area contributed by atoms with Crippen molar-refractivity contribution in [2.45, 2.75) is 0 Å². The molecule has 8 heterocycles. The van der Waals surface area contributed by atoms with E-state index in [2.05, 4.69) is 209 Å². The van der Waals surface area contributed by atoms with Gasteiger partial charge in [-0.15, -0.1) is 0 Å². The Morgan fingerprint density at radius 3 is 0.762 bits per heavy atom. The van der Waals surface area contributed by atoms with Crippen LogP contribution in [0.25, 0.3) is 132 Å². The van der Waals surface area contributed by atoms with Crippen LogP contribution in [0.5, 0.6) is 69.0 Å². The predicted molar refractivity (Wildman–Crippen MR) is 502 cm³/mol. The molecule has 0 aliphatic carbocycles. The topological polar surface area (TPSA) is 131 Å². The number of benzene rings is 19. The highest BCUT2D eigenvalue weighted by Gasteiger charge is 2.29. The first kappa shape index (κ1) is 71.5. The minimum atomic E-state index is 0.654. The van der Waals surface area contributed by atoms with Gasteiger partial charge in [-0.25, -0.2) is 0 Å². The lowest BCUT2D eigenvalue weighted by Crippen LogP contribution is -2.11. The summed E-state index contributed by atoms with van der Waals surface area (Å²) in [5, 5.41) is 13.2. The summed E-state index contributed by atoms with van der Waals surface area (Å²) in [4.78, 5) is 6.66. The van der Waals surface area contributed by atoms with Crippen LogP contribution in [-0.4, -0.2) is 0 Å². The lowest BCUT2D eigenvalue weighted by Gasteiger charge is -2.29. The molecule has 5 aromatic heterocycles. The lowest BCUT2D eigenvalue weighted by atomic mass is 9.96. The SMILES string of the molecule is c1ccc(-c2ccc(N(c3ccc4c(c3)Oc3ccccc3O4)c3ccc4c(c3)oc3ccccc34)c3ccccc23)cc1.c1ccc2c(c1)Oc1ccc(N(c3ccc4c(c3)oc3ccccc34)c3ccc4c(c3)oc3ccccc34)cc1O2.c1ccc2c(c1)Oc1ccc(N(c3ccc4c(c3)oc3ccccc34)c3ccc4oc5ccccc5c4c3)cc1O2. The number of hydrogen-bond donors (Lipinski definition) is 0. The molecule has 0 amide bonds. The van der Waals surface area contributed by atoms with E-state index in [0.29, 0.717) is 69.0 Å². The van der Waals surface area contributed by atoms with Crippen LogP contribution in [0, 0.1) is 0 Å². The number of fused-ring (bicyclic) bond motifs is 22. The molecule has 19 aromatic carbocycles. The number of nitrogens with zero attached hydrogens (tertiary/aromatic N) is 3. The Kier molecular flexibility index (Phi) is 16.6. The maximum Gasteiger partial charge on any atom is 0.172 e. The predicted octanol–water partition coefficient (Wildman–Crippen LogP) is 33.5. The third kappa shape index (κ3) is 12.3. The van der Waals surface area contributed by atoms with Crippen LogP contribution in [0.1, 0.15) is 0 Å². The third-order valence-electron chi connectivity index (χ3n) is 23.8. The molecule has 27 rings (SSSR count). The fourth-order valence-corrected chi connectivity index (χ4v) is 17.9. The van der Waals surface area contributed by atoms with Crippen LogP contribution < -0.4 is 43.1 Å². The average Bonchev–Trinajstić information content (AvgIpc) is 1.42. The summed E-state index contributed by atoms with van der Waals surface area (Å²) in [6.07, 6.45) is 0. The van der Waals surface area contributed by atoms with E-state index in [-0.39, 0.29) is 0 Å². The highest BCUT2D eigenvalue weighted by atomic mass is 16.6. The van der Waals surface area contributed by atoms with Gasteiger partial charge in [0.25, 0.3) is 0 Å². The minimum Gasteiger partial charge on any atom is -0.456 e. The van der Waals surface area contributed by atoms with Gasteiger partial charge in [-0.05, 0) is 192 Å². The van der Waals surface area contributed by atoms with Crippen molar-refractivity contribution in [2.24, 2.45) is 0 Å². The summed E-state index contributed by atoms with van der Waals surface area (Å²) >= 11 is 0. The molecule has 0 saturated carbocycles. The summed E-state index contributed by atoms with van der Waals surface area (Å²) in [5.41, 5.74) is 19.5. The minimum absolute atomic E-state index is 0.654. The Morgan fingerprint density at radius 1 is 0.135 bits per heavy atom. The summed E-state index contributed by atoms with van der Waals surface area (Å²) in [6.45, 7) is 0. The Bertz CT molecular complexity index is 8390. The fraction of sp³-hybridized carbons (Fsp3) is 0. The average molecular weight is 1630 g/mol. The van der Waals surface area contributed by atoms with Crippen LogP contribution in [0.2, 0.25) is 0 Å². The zero-order chi connectivity index (χ0) is 82.9. The molecular weight excluding hydrogens is 1560 g/mol. The van der Waals surface area contributed by atoms with E-state index < -0.39 is 0 Å². The Labute approximate surface area is 719 Å². The van der Waals surface area contributed by atoms with Crippen LogP contribution in [0.3, 0.4) is 0 Å². The number of furan rings is 5. The molecule has 0 spiro atoms. The summed E-state index contributed by atoms with van der Waals surface area (Å²) in [5.74, 6) is 8.22. The monoisotopic (exact) mass is 1630 g/mol. The second-order valence-corrected chi connectivity index (χ2v) is 31.3. The molecule has 14 heteroatoms. The van der Waals surface area contributed by atoms with E-state index in [9.17, 15) is 0 Å². The first-order valence-electron chi connectivity index (χ1n) is 41.7. The van der Waals surface area contributed by atoms with Gasteiger partial charge in [0.05, 0.1) is 22.7 Å². The van der Waals surface area contributed by atoms with Gasteiger partial charge in [-0.3, -0.25) is 0 Å². The van der Waals surface area contributed by atoms with E-state index in [1.165, 1.54) is 16.5 Å². The largest absolute Gasteiger partial charge is 0.456 e. The molecule has 126 heavy (non-hydrogen) atoms. The first-order valence-corrected chi connectivity index (χ1v) is 41.7. The third-order valence-corrected chi connectivity index (χ3v) is 23.8. The van der Waals surface area contributed by atoms with E-state index >= 15 is 0 Å². The van der Waals surface area contributed by atoms with E-state index in [0.717, 1.165) is 166 Å². The molecule has 0 saturated heterocycles. The van der Waals surface area contributed by atoms with Crippen molar-refractivity contribution >= 4 is 172 Å². The summed E-state index contributed by atoms with van der Waals surface area (Å²) in [7, 11) is 0. The van der Waals surface area contributed by atoms with Crippen molar-refractivity contribution in [2.75, 3.05) is 14.7 Å². The fourth-order valence-electron chi connectivity index (χ4n) is 17.9. The zero-order valence-corrected chi connectivity index (χ0v) is 67.0. The molecule has 0 N–H and O–H groups in total. The molecule has 0 radical (unpaired) electrons. The van der Waals surface area contributed by atoms with Crippen LogP contribution in [0.4, 0.5) is 51.2 Å². The standard InChI is InChI=1S/C40H25NO3.2C36H21NO4/c1-2-10-26(11-3-1)29-21-22-34(31-13-5-4-12-30(29)31)41(27-18-20-33-32-14-6-7-15-35(32)42-39(33)24-27)28-19-23-38-40(25-28)44-37-17-9-8-16-36(37)43-38;1-3-9-29-25(7-1)27-16-13-23(20-35(27)39-29)37(22-14-17-31-28(19-22)26-8-2-4-10-30(26)38-31)24-15-18-34-36(21-24)41-33-12-6-5-11-32(33)40-34;1-3-9-29-25(7-1)27-16-13-22(19-34(27)38-29)37(23-14-17-28-26-8-2-4-10-30(26)39-35(28)20-23)24-15-18-33-36(21-24)41-32-12-6-5-11-31(32)40-33/h1-25H;2*1-21H. The maximum atomic E-state index is 6.34. The Morgan fingerprint density at radius 2 is 0.381 bits per heavy atom. The van der Waals surface area contributed by atoms with Gasteiger partial charge in [-0.2, -0.15) is 0 Å². The molecule has 0 unspecified atom stereocenters. The quantitative estimate of drug-likeness (QED) is 0.129. The second kappa shape index (κ2) is 29.2. The molecule has 0 atom stereocenters. The Balaban J connectivity index is 0.000000103. The summed E-state index contributed by atoms with van der Waals surface area (Å²) in [6, 6.07) is 137. The van der Waals surface area contributed by atoms with Gasteiger partial charge in [0.15, 0.2) is 69.0 Å². The summed E-state index contributed by atoms with van der Waals surface area (Å²) < 4.78 is 68.6. The van der Waals surface area contributed by atoms with Gasteiger partial charge in [0.1, 0.15) is 55.8 Å². The van der Waals surface area contributed by atoms with Crippen molar-refractivity contribution in [3.8, 4) is 80.1 Å². The van der Waals surface area contributed by atoms with Gasteiger partial charge in [-0.1, -0.05) is 188 Å². The molecule has 24 aromatic rings. The number of rotatable bonds is 10. The smallest absolute Gasteiger partial charge is 0.172 e. The number of hydrogen-bond acceptors (Lipinski definition) is 14. The van der Waals surface area contributed by atoms with Crippen molar-refractivity contribution in [1.82, 2.24) is 0 Å². The van der Waals surface area contributed by atoms with Crippen LogP contribution in [0.15, 0.2) is 429 Å². The molecule has 0 fully saturated rings. The number of para-hydroxylation sites is 11. The highest BCUT2D eigenvalue weighted by molar-refractivity contribution is 6.13. The maximum absolute atomic E-state index is 6.34. The molecule has 596 valence electrons. The number of anilines is 9. The van der Waals surface area contributed by atoms with Gasteiger partial charge in [0.2, 0.25) is 0 Å². The molecule has 3 aliphatic rings. The van der Waals surface area contributed by atoms with Gasteiger partial charge >= 0.3 is 0 Å². The van der Waals surface area contributed by atoms with Gasteiger partial charge < -0.3 is 65.2 Å². The van der Waals surface area contributed by atoms with Crippen LogP contribution in [-0.2, 0) is 0 Å². The molecule has 14 nitrogen and oxygen atoms in total. The number of ether oxygens (including phenoxy) is 6. The lowest BCUT2D eigenvalue weighted by molar-refractivity contribution is 0.360. The van der Waals surface area contributed by atoms with Crippen molar-refractivity contribution in [3.63, 3.8) is 0 Å². The van der Waals surface area contributed by atoms with Crippen molar-refractivity contribution in [3.05, 3.63) is 406 Å². The van der Waals surface area contributed by atoms with E-state index in [1.807, 2.05) is 212 Å². The van der Waals surface area contributed by atoms with Crippen molar-refractivity contribution in [1.29, 1.82) is 0 Å². The van der Waals surface area contributed by atoms with Gasteiger partial charge in [0, 0.05) is 130 Å². The first-order chi connectivity index (χ1) is 62.4. The second-order valence-electron chi connectivity index (χ2n) is 31.3. The molecule has 0 bridgehead atoms. The molecular formula is C112H67N3O11. The van der Waals surface area contributed by atoms with E-state index in [4.69, 9.17) is 50.5 Å².